The highest BCUT2D eigenvalue weighted by molar-refractivity contribution is 7.89. The molecule has 1 N–H and O–H groups in total. The zero-order chi connectivity index (χ0) is 21.6. The molecule has 0 heterocycles. The van der Waals surface area contributed by atoms with Crippen LogP contribution in [0.4, 0.5) is 5.69 Å². The van der Waals surface area contributed by atoms with E-state index >= 15 is 0 Å². The molecule has 2 rings (SSSR count). The summed E-state index contributed by atoms with van der Waals surface area (Å²) in [6.45, 7) is 7.50. The van der Waals surface area contributed by atoms with Crippen molar-refractivity contribution in [2.75, 3.05) is 13.2 Å². The zero-order valence-corrected chi connectivity index (χ0v) is 17.4. The Morgan fingerprint density at radius 1 is 1.14 bits per heavy atom. The first-order valence-corrected chi connectivity index (χ1v) is 10.4. The van der Waals surface area contributed by atoms with Crippen LogP contribution in [0.15, 0.2) is 40.3 Å². The van der Waals surface area contributed by atoms with Gasteiger partial charge in [0.2, 0.25) is 5.75 Å². The van der Waals surface area contributed by atoms with E-state index in [2.05, 4.69) is 9.93 Å². The Labute approximate surface area is 169 Å². The molecule has 0 aliphatic carbocycles. The van der Waals surface area contributed by atoms with Gasteiger partial charge >= 0.3 is 5.69 Å². The second-order valence-electron chi connectivity index (χ2n) is 6.11. The van der Waals surface area contributed by atoms with Crippen molar-refractivity contribution < 1.29 is 22.8 Å². The van der Waals surface area contributed by atoms with Crippen LogP contribution in [0.25, 0.3) is 0 Å². The first-order chi connectivity index (χ1) is 13.7. The maximum absolute atomic E-state index is 12.5. The molecule has 0 aromatic heterocycles. The molecule has 0 fully saturated rings. The summed E-state index contributed by atoms with van der Waals surface area (Å²) < 4.78 is 35.7. The average molecular weight is 421 g/mol. The Kier molecular flexibility index (Phi) is 7.16. The van der Waals surface area contributed by atoms with Gasteiger partial charge in [0, 0.05) is 11.6 Å². The molecule has 29 heavy (non-hydrogen) atoms. The lowest BCUT2D eigenvalue weighted by atomic mass is 10.2. The molecular formula is C19H23N3O6S. The quantitative estimate of drug-likeness (QED) is 0.377. The lowest BCUT2D eigenvalue weighted by Gasteiger charge is -2.12. The molecule has 0 aliphatic rings. The van der Waals surface area contributed by atoms with Gasteiger partial charge in [0.25, 0.3) is 10.0 Å². The van der Waals surface area contributed by atoms with E-state index in [4.69, 9.17) is 9.47 Å². The fraction of sp³-hybridized carbons (Fsp3) is 0.316. The molecule has 10 heteroatoms. The van der Waals surface area contributed by atoms with Crippen LogP contribution in [-0.2, 0) is 10.0 Å². The van der Waals surface area contributed by atoms with Crippen molar-refractivity contribution in [3.63, 3.8) is 0 Å². The minimum atomic E-state index is -3.88. The Hall–Kier alpha value is -3.14. The molecule has 2 aromatic carbocycles. The van der Waals surface area contributed by atoms with Crippen molar-refractivity contribution in [2.24, 2.45) is 5.10 Å². The zero-order valence-electron chi connectivity index (χ0n) is 16.6. The summed E-state index contributed by atoms with van der Waals surface area (Å²) >= 11 is 0. The topological polar surface area (TPSA) is 120 Å². The van der Waals surface area contributed by atoms with Crippen molar-refractivity contribution in [1.29, 1.82) is 0 Å². The lowest BCUT2D eigenvalue weighted by molar-refractivity contribution is -0.385. The van der Waals surface area contributed by atoms with Crippen molar-refractivity contribution in [2.45, 2.75) is 32.6 Å². The molecule has 0 spiro atoms. The van der Waals surface area contributed by atoms with E-state index in [0.717, 1.165) is 5.56 Å². The fourth-order valence-electron chi connectivity index (χ4n) is 2.69. The number of nitro benzene ring substituents is 1. The Bertz CT molecular complexity index is 1030. The normalized spacial score (nSPS) is 11.4. The molecule has 0 saturated carbocycles. The Morgan fingerprint density at radius 2 is 1.83 bits per heavy atom. The number of nitrogens with zero attached hydrogens (tertiary/aromatic N) is 2. The summed E-state index contributed by atoms with van der Waals surface area (Å²) in [5, 5.41) is 15.2. The number of rotatable bonds is 9. The third-order valence-electron chi connectivity index (χ3n) is 3.85. The second-order valence-corrected chi connectivity index (χ2v) is 7.74. The molecule has 0 saturated heterocycles. The molecule has 9 nitrogen and oxygen atoms in total. The summed E-state index contributed by atoms with van der Waals surface area (Å²) in [6, 6.07) is 7.67. The van der Waals surface area contributed by atoms with Crippen LogP contribution >= 0.6 is 0 Å². The monoisotopic (exact) mass is 421 g/mol. The minimum Gasteiger partial charge on any atom is -0.490 e. The summed E-state index contributed by atoms with van der Waals surface area (Å²) in [5.74, 6) is 0.203. The summed E-state index contributed by atoms with van der Waals surface area (Å²) in [7, 11) is -3.88. The predicted molar refractivity (Wildman–Crippen MR) is 109 cm³/mol. The maximum Gasteiger partial charge on any atom is 0.315 e. The number of benzene rings is 2. The predicted octanol–water partition coefficient (Wildman–Crippen LogP) is 3.32. The highest BCUT2D eigenvalue weighted by atomic mass is 32.2. The number of hydrazone groups is 1. The highest BCUT2D eigenvalue weighted by Gasteiger charge is 2.22. The van der Waals surface area contributed by atoms with E-state index in [9.17, 15) is 18.5 Å². The molecule has 2 aromatic rings. The van der Waals surface area contributed by atoms with Gasteiger partial charge in [-0.05, 0) is 45.4 Å². The lowest BCUT2D eigenvalue weighted by Crippen LogP contribution is -2.19. The molecule has 0 unspecified atom stereocenters. The number of hydrogen-bond donors (Lipinski definition) is 1. The largest absolute Gasteiger partial charge is 0.490 e. The first-order valence-electron chi connectivity index (χ1n) is 8.89. The van der Waals surface area contributed by atoms with E-state index in [1.165, 1.54) is 24.4 Å². The van der Waals surface area contributed by atoms with Crippen molar-refractivity contribution >= 4 is 21.9 Å². The number of hydrogen-bond acceptors (Lipinski definition) is 7. The third-order valence-corrected chi connectivity index (χ3v) is 5.23. The van der Waals surface area contributed by atoms with Crippen LogP contribution in [0.2, 0.25) is 0 Å². The SMILES string of the molecule is CCOc1cc(/C=N/NS(=O)(=O)c2ccc(C)cc2C)cc([N+](=O)[O-])c1OCC. The first kappa shape index (κ1) is 22.2. The van der Waals surface area contributed by atoms with Gasteiger partial charge in [-0.2, -0.15) is 13.5 Å². The van der Waals surface area contributed by atoms with Crippen LogP contribution in [0.1, 0.15) is 30.5 Å². The Morgan fingerprint density at radius 3 is 2.41 bits per heavy atom. The molecule has 0 bridgehead atoms. The van der Waals surface area contributed by atoms with E-state index in [1.807, 2.05) is 6.92 Å². The van der Waals surface area contributed by atoms with Crippen molar-refractivity contribution in [3.05, 3.63) is 57.1 Å². The van der Waals surface area contributed by atoms with E-state index in [1.54, 1.807) is 32.9 Å². The highest BCUT2D eigenvalue weighted by Crippen LogP contribution is 2.38. The van der Waals surface area contributed by atoms with Gasteiger partial charge in [-0.25, -0.2) is 4.83 Å². The molecule has 0 radical (unpaired) electrons. The number of ether oxygens (including phenoxy) is 2. The number of nitro groups is 1. The molecule has 156 valence electrons. The average Bonchev–Trinajstić information content (AvgIpc) is 2.63. The Balaban J connectivity index is 2.35. The molecule has 0 atom stereocenters. The number of nitrogens with one attached hydrogen (secondary N) is 1. The van der Waals surface area contributed by atoms with E-state index in [0.29, 0.717) is 5.56 Å². The summed E-state index contributed by atoms with van der Waals surface area (Å²) in [5.41, 5.74) is 1.52. The smallest absolute Gasteiger partial charge is 0.315 e. The number of sulfonamides is 1. The van der Waals surface area contributed by atoms with Crippen LogP contribution in [0, 0.1) is 24.0 Å². The molecule has 0 aliphatic heterocycles. The molecular weight excluding hydrogens is 398 g/mol. The molecule has 0 amide bonds. The standard InChI is InChI=1S/C19H23N3O6S/c1-5-27-17-11-15(10-16(22(23)24)19(17)28-6-2)12-20-21-29(25,26)18-8-7-13(3)9-14(18)4/h7-12,21H,5-6H2,1-4H3/b20-12+. The second kappa shape index (κ2) is 9.37. The van der Waals surface area contributed by atoms with Gasteiger partial charge in [0.15, 0.2) is 5.75 Å². The van der Waals surface area contributed by atoms with E-state index in [-0.39, 0.29) is 40.9 Å². The number of aryl methyl sites for hydroxylation is 2. The summed E-state index contributed by atoms with van der Waals surface area (Å²) in [6.07, 6.45) is 1.17. The summed E-state index contributed by atoms with van der Waals surface area (Å²) in [4.78, 5) is 13.0. The van der Waals surface area contributed by atoms with Gasteiger partial charge in [-0.3, -0.25) is 10.1 Å². The van der Waals surface area contributed by atoms with Crippen LogP contribution < -0.4 is 14.3 Å². The van der Waals surface area contributed by atoms with Crippen molar-refractivity contribution in [3.8, 4) is 11.5 Å². The fourth-order valence-corrected chi connectivity index (χ4v) is 3.71. The van der Waals surface area contributed by atoms with Gasteiger partial charge in [-0.15, -0.1) is 0 Å². The van der Waals surface area contributed by atoms with Gasteiger partial charge < -0.3 is 9.47 Å². The van der Waals surface area contributed by atoms with Crippen molar-refractivity contribution in [1.82, 2.24) is 4.83 Å². The van der Waals surface area contributed by atoms with Crippen LogP contribution in [0.3, 0.4) is 0 Å². The van der Waals surface area contributed by atoms with Crippen LogP contribution in [0.5, 0.6) is 11.5 Å². The van der Waals surface area contributed by atoms with Crippen LogP contribution in [-0.4, -0.2) is 32.8 Å². The minimum absolute atomic E-state index is 0.0207. The van der Waals surface area contributed by atoms with Gasteiger partial charge in [-0.1, -0.05) is 17.7 Å². The van der Waals surface area contributed by atoms with E-state index < -0.39 is 14.9 Å². The van der Waals surface area contributed by atoms with Gasteiger partial charge in [0.1, 0.15) is 0 Å². The van der Waals surface area contributed by atoms with Gasteiger partial charge in [0.05, 0.1) is 29.2 Å². The third kappa shape index (κ3) is 5.44. The maximum atomic E-state index is 12.5.